The maximum atomic E-state index is 13.6. The van der Waals surface area contributed by atoms with Crippen molar-refractivity contribution in [1.82, 2.24) is 0 Å². The zero-order valence-corrected chi connectivity index (χ0v) is 15.3. The third-order valence-corrected chi connectivity index (χ3v) is 6.06. The summed E-state index contributed by atoms with van der Waals surface area (Å²) < 4.78 is 13.6. The van der Waals surface area contributed by atoms with Gasteiger partial charge in [0.05, 0.1) is 11.6 Å². The van der Waals surface area contributed by atoms with Crippen molar-refractivity contribution in [2.45, 2.75) is 4.90 Å². The van der Waals surface area contributed by atoms with Gasteiger partial charge in [0.1, 0.15) is 0 Å². The summed E-state index contributed by atoms with van der Waals surface area (Å²) in [5.41, 5.74) is 1.63. The van der Waals surface area contributed by atoms with Gasteiger partial charge in [-0.15, -0.1) is 0 Å². The summed E-state index contributed by atoms with van der Waals surface area (Å²) in [6.07, 6.45) is 0. The van der Waals surface area contributed by atoms with Crippen molar-refractivity contribution in [3.8, 4) is 17.2 Å². The molecule has 0 aromatic heterocycles. The molecule has 0 aliphatic heterocycles. The van der Waals surface area contributed by atoms with Gasteiger partial charge in [-0.25, -0.2) is 0 Å². The summed E-state index contributed by atoms with van der Waals surface area (Å²) in [7, 11) is -2.90. The van der Waals surface area contributed by atoms with E-state index in [0.29, 0.717) is 16.0 Å². The molecule has 0 aliphatic carbocycles. The molecule has 0 saturated carbocycles. The molecule has 3 aromatic carbocycles. The van der Waals surface area contributed by atoms with Crippen molar-refractivity contribution in [2.75, 3.05) is 5.75 Å². The highest BCUT2D eigenvalue weighted by atomic mass is 32.2. The first-order valence-corrected chi connectivity index (χ1v) is 10.0. The molecule has 0 saturated heterocycles. The van der Waals surface area contributed by atoms with Crippen molar-refractivity contribution in [1.29, 1.82) is 5.26 Å². The number of hydrogen-bond donors (Lipinski definition) is 0. The van der Waals surface area contributed by atoms with Crippen LogP contribution in [0, 0.1) is 22.5 Å². The number of benzene rings is 3. The summed E-state index contributed by atoms with van der Waals surface area (Å²) in [6, 6.07) is 26.4. The Morgan fingerprint density at radius 3 is 2.00 bits per heavy atom. The first-order chi connectivity index (χ1) is 13.1. The fraction of sp³-hybridized carbons (Fsp3) is 0.0435. The maximum Gasteiger partial charge on any atom is 0.213 e. The molecule has 0 N–H and O–H groups in total. The Balaban J connectivity index is 1.95. The van der Waals surface area contributed by atoms with E-state index in [1.54, 1.807) is 48.5 Å². The van der Waals surface area contributed by atoms with E-state index in [-0.39, 0.29) is 11.5 Å². The fourth-order valence-corrected chi connectivity index (χ4v) is 4.25. The van der Waals surface area contributed by atoms with Crippen LogP contribution in [0.15, 0.2) is 89.8 Å². The molecular formula is C23H16NO2S+. The molecule has 0 aliphatic rings. The number of nitrogens with zero attached hydrogens (tertiary/aromatic N) is 1. The number of carbonyl (C=O) groups is 1. The zero-order chi connectivity index (χ0) is 19.1. The molecule has 0 fully saturated rings. The maximum absolute atomic E-state index is 13.6. The van der Waals surface area contributed by atoms with Gasteiger partial charge in [0.2, 0.25) is 15.7 Å². The van der Waals surface area contributed by atoms with Gasteiger partial charge in [0.25, 0.3) is 0 Å². The number of rotatable bonds is 4. The van der Waals surface area contributed by atoms with Gasteiger partial charge < -0.3 is 0 Å². The third kappa shape index (κ3) is 4.58. The van der Waals surface area contributed by atoms with Crippen LogP contribution in [0.3, 0.4) is 0 Å². The molecule has 1 atom stereocenters. The second-order valence-corrected chi connectivity index (χ2v) is 8.15. The molecule has 1 unspecified atom stereocenters. The molecule has 0 heterocycles. The lowest BCUT2D eigenvalue weighted by Crippen LogP contribution is -2.21. The highest BCUT2D eigenvalue weighted by Crippen LogP contribution is 2.21. The molecular weight excluding hydrogens is 354 g/mol. The quantitative estimate of drug-likeness (QED) is 0.391. The highest BCUT2D eigenvalue weighted by Gasteiger charge is 2.33. The summed E-state index contributed by atoms with van der Waals surface area (Å²) in [4.78, 5) is 13.3. The molecule has 0 bridgehead atoms. The van der Waals surface area contributed by atoms with Crippen LogP contribution in [-0.4, -0.2) is 11.5 Å². The molecule has 3 aromatic rings. The predicted molar refractivity (Wildman–Crippen MR) is 106 cm³/mol. The van der Waals surface area contributed by atoms with Gasteiger partial charge in [0, 0.05) is 11.1 Å². The minimum atomic E-state index is -2.90. The van der Waals surface area contributed by atoms with Crippen molar-refractivity contribution in [3.05, 3.63) is 102 Å². The van der Waals surface area contributed by atoms with E-state index < -0.39 is 9.93 Å². The minimum absolute atomic E-state index is 0.206. The van der Waals surface area contributed by atoms with Crippen LogP contribution in [0.1, 0.15) is 21.5 Å². The topological polar surface area (TPSA) is 57.9 Å². The Morgan fingerprint density at radius 2 is 1.41 bits per heavy atom. The van der Waals surface area contributed by atoms with Crippen LogP contribution < -0.4 is 0 Å². The van der Waals surface area contributed by atoms with E-state index in [4.69, 9.17) is 5.26 Å². The lowest BCUT2D eigenvalue weighted by molar-refractivity contribution is 0.102. The SMILES string of the molecule is N#Cc1ccc(C(=O)C[S+](=O)(C#Cc2ccccc2)c2ccccc2)cc1. The summed E-state index contributed by atoms with van der Waals surface area (Å²) in [6.45, 7) is 0. The second-order valence-electron chi connectivity index (χ2n) is 5.84. The van der Waals surface area contributed by atoms with Gasteiger partial charge >= 0.3 is 0 Å². The molecule has 3 nitrogen and oxygen atoms in total. The summed E-state index contributed by atoms with van der Waals surface area (Å²) in [5, 5.41) is 11.7. The van der Waals surface area contributed by atoms with Crippen LogP contribution in [-0.2, 0) is 14.1 Å². The third-order valence-electron chi connectivity index (χ3n) is 3.93. The molecule has 0 spiro atoms. The van der Waals surface area contributed by atoms with Crippen LogP contribution >= 0.6 is 0 Å². The Hall–Kier alpha value is -3.47. The molecule has 3 rings (SSSR count). The molecule has 130 valence electrons. The monoisotopic (exact) mass is 370 g/mol. The van der Waals surface area contributed by atoms with Gasteiger partial charge in [-0.2, -0.15) is 5.26 Å². The summed E-state index contributed by atoms with van der Waals surface area (Å²) >= 11 is 0. The first kappa shape index (κ1) is 18.3. The van der Waals surface area contributed by atoms with Crippen LogP contribution in [0.4, 0.5) is 0 Å². The van der Waals surface area contributed by atoms with E-state index in [2.05, 4.69) is 11.2 Å². The minimum Gasteiger partial charge on any atom is -0.289 e. The van der Waals surface area contributed by atoms with Gasteiger partial charge in [0.15, 0.2) is 15.9 Å². The lowest BCUT2D eigenvalue weighted by atomic mass is 10.1. The smallest absolute Gasteiger partial charge is 0.213 e. The standard InChI is InChI=1S/C23H16NO2S/c24-17-20-11-13-21(14-12-20)23(25)18-27(26,22-9-5-2-6-10-22)16-15-19-7-3-1-4-8-19/h1-14H,18H2/q+1. The average Bonchev–Trinajstić information content (AvgIpc) is 2.74. The van der Waals surface area contributed by atoms with Crippen molar-refractivity contribution >= 4 is 15.7 Å². The lowest BCUT2D eigenvalue weighted by Gasteiger charge is -2.05. The normalized spacial score (nSPS) is 12.1. The van der Waals surface area contributed by atoms with E-state index in [1.165, 1.54) is 0 Å². The van der Waals surface area contributed by atoms with E-state index in [1.807, 2.05) is 42.5 Å². The van der Waals surface area contributed by atoms with E-state index in [0.717, 1.165) is 5.56 Å². The number of carbonyl (C=O) groups excluding carboxylic acids is 1. The van der Waals surface area contributed by atoms with E-state index >= 15 is 0 Å². The van der Waals surface area contributed by atoms with Gasteiger partial charge in [-0.05, 0) is 54.5 Å². The molecule has 0 amide bonds. The van der Waals surface area contributed by atoms with Crippen molar-refractivity contribution in [3.63, 3.8) is 0 Å². The van der Waals surface area contributed by atoms with Crippen LogP contribution in [0.5, 0.6) is 0 Å². The van der Waals surface area contributed by atoms with Gasteiger partial charge in [-0.3, -0.25) is 4.79 Å². The van der Waals surface area contributed by atoms with Gasteiger partial charge in [-0.1, -0.05) is 40.6 Å². The molecule has 27 heavy (non-hydrogen) atoms. The largest absolute Gasteiger partial charge is 0.289 e. The highest BCUT2D eigenvalue weighted by molar-refractivity contribution is 8.07. The Bertz CT molecular complexity index is 1090. The van der Waals surface area contributed by atoms with E-state index in [9.17, 15) is 9.00 Å². The Labute approximate surface area is 159 Å². The Morgan fingerprint density at radius 1 is 0.815 bits per heavy atom. The fourth-order valence-electron chi connectivity index (χ4n) is 2.48. The number of nitriles is 1. The second kappa shape index (κ2) is 8.27. The predicted octanol–water partition coefficient (Wildman–Crippen LogP) is 4.31. The van der Waals surface area contributed by atoms with Crippen molar-refractivity contribution < 1.29 is 9.00 Å². The van der Waals surface area contributed by atoms with Crippen molar-refractivity contribution in [2.24, 2.45) is 0 Å². The average molecular weight is 370 g/mol. The number of hydrogen-bond acceptors (Lipinski definition) is 3. The zero-order valence-electron chi connectivity index (χ0n) is 14.5. The van der Waals surface area contributed by atoms with Crippen LogP contribution in [0.2, 0.25) is 0 Å². The number of Topliss-reactive ketones (excluding diaryl/α,β-unsaturated/α-hetero) is 1. The summed E-state index contributed by atoms with van der Waals surface area (Å²) in [5.74, 6) is 2.46. The Kier molecular flexibility index (Phi) is 5.61. The first-order valence-electron chi connectivity index (χ1n) is 8.29. The molecule has 4 heteroatoms. The molecule has 0 radical (unpaired) electrons. The number of ketones is 1. The van der Waals surface area contributed by atoms with Crippen LogP contribution in [0.25, 0.3) is 0 Å².